The van der Waals surface area contributed by atoms with E-state index in [1.54, 1.807) is 0 Å². The first-order chi connectivity index (χ1) is 16.4. The van der Waals surface area contributed by atoms with Gasteiger partial charge in [0.2, 0.25) is 0 Å². The first kappa shape index (κ1) is 31.1. The van der Waals surface area contributed by atoms with E-state index in [0.29, 0.717) is 52.9 Å². The molecule has 208 valence electrons. The molecular formula is C24H40O12. The van der Waals surface area contributed by atoms with Crippen LogP contribution in [0.3, 0.4) is 0 Å². The second-order valence-corrected chi connectivity index (χ2v) is 12.0. The summed E-state index contributed by atoms with van der Waals surface area (Å²) in [5.41, 5.74) is -0.0242. The number of hydrogen-bond acceptors (Lipinski definition) is 12. The van der Waals surface area contributed by atoms with Gasteiger partial charge in [0.25, 0.3) is 0 Å². The Morgan fingerprint density at radius 2 is 0.444 bits per heavy atom. The molecule has 4 heterocycles. The molecule has 0 amide bonds. The van der Waals surface area contributed by atoms with E-state index in [2.05, 4.69) is 37.9 Å². The lowest BCUT2D eigenvalue weighted by molar-refractivity contribution is -0.0448. The van der Waals surface area contributed by atoms with E-state index in [-0.39, 0.29) is 21.7 Å². The predicted molar refractivity (Wildman–Crippen MR) is 124 cm³/mol. The Kier molecular flexibility index (Phi) is 11.1. The largest absolute Gasteiger partial charge is 0.508 e. The van der Waals surface area contributed by atoms with Gasteiger partial charge < -0.3 is 37.9 Å². The quantitative estimate of drug-likeness (QED) is 0.322. The molecule has 4 rings (SSSR count). The molecule has 4 fully saturated rings. The third-order valence-electron chi connectivity index (χ3n) is 4.65. The molecule has 12 heteroatoms. The topological polar surface area (TPSA) is 142 Å². The van der Waals surface area contributed by atoms with Gasteiger partial charge in [0.05, 0.1) is 0 Å². The number of ether oxygens (including phenoxy) is 8. The summed E-state index contributed by atoms with van der Waals surface area (Å²) in [5.74, 6) is 0. The van der Waals surface area contributed by atoms with Crippen molar-refractivity contribution >= 4 is 24.6 Å². The van der Waals surface area contributed by atoms with Crippen LogP contribution < -0.4 is 0 Å². The summed E-state index contributed by atoms with van der Waals surface area (Å²) in [4.78, 5) is 41.2. The van der Waals surface area contributed by atoms with Crippen LogP contribution in [0.5, 0.6) is 0 Å². The summed E-state index contributed by atoms with van der Waals surface area (Å²) in [6, 6.07) is 0. The third kappa shape index (κ3) is 13.8. The molecule has 4 saturated heterocycles. The van der Waals surface area contributed by atoms with Crippen LogP contribution in [0.4, 0.5) is 19.2 Å². The fourth-order valence-corrected chi connectivity index (χ4v) is 2.37. The van der Waals surface area contributed by atoms with Gasteiger partial charge in [-0.2, -0.15) is 0 Å². The molecule has 0 aromatic carbocycles. The Bertz CT molecular complexity index is 593. The molecule has 0 aliphatic carbocycles. The van der Waals surface area contributed by atoms with E-state index in [4.69, 9.17) is 0 Å². The molecule has 0 unspecified atom stereocenters. The zero-order chi connectivity index (χ0) is 27.6. The van der Waals surface area contributed by atoms with E-state index in [1.807, 2.05) is 55.4 Å². The van der Waals surface area contributed by atoms with E-state index in [1.165, 1.54) is 0 Å². The number of carbonyl (C=O) groups is 4. The Hall–Kier alpha value is -2.92. The van der Waals surface area contributed by atoms with Crippen LogP contribution in [0.15, 0.2) is 0 Å². The monoisotopic (exact) mass is 520 g/mol. The van der Waals surface area contributed by atoms with Crippen molar-refractivity contribution in [3.05, 3.63) is 0 Å². The SMILES string of the molecule is CC1(C)COC(=O)OC1.CC1(C)COC(=O)OC1.CC1(C)COC(=O)OC1.CC1(C)COC(=O)OC1. The van der Waals surface area contributed by atoms with Gasteiger partial charge in [-0.3, -0.25) is 0 Å². The maximum Gasteiger partial charge on any atom is 0.508 e. The van der Waals surface area contributed by atoms with E-state index < -0.39 is 24.6 Å². The Labute approximate surface area is 212 Å². The van der Waals surface area contributed by atoms with Gasteiger partial charge in [-0.05, 0) is 0 Å². The van der Waals surface area contributed by atoms with Gasteiger partial charge in [0.15, 0.2) is 0 Å². The lowest BCUT2D eigenvalue weighted by atomic mass is 9.96. The van der Waals surface area contributed by atoms with E-state index in [0.717, 1.165) is 0 Å². The normalized spacial score (nSPS) is 24.4. The molecule has 0 radical (unpaired) electrons. The molecule has 4 aliphatic heterocycles. The summed E-state index contributed by atoms with van der Waals surface area (Å²) >= 11 is 0. The maximum absolute atomic E-state index is 10.3. The smallest absolute Gasteiger partial charge is 0.434 e. The molecule has 12 nitrogen and oxygen atoms in total. The number of hydrogen-bond donors (Lipinski definition) is 0. The highest BCUT2D eigenvalue weighted by molar-refractivity contribution is 5.61. The molecule has 0 spiro atoms. The van der Waals surface area contributed by atoms with Crippen LogP contribution in [0.25, 0.3) is 0 Å². The highest BCUT2D eigenvalue weighted by Gasteiger charge is 2.30. The number of carbonyl (C=O) groups excluding carboxylic acids is 4. The zero-order valence-electron chi connectivity index (χ0n) is 22.6. The van der Waals surface area contributed by atoms with Crippen LogP contribution in [0.2, 0.25) is 0 Å². The van der Waals surface area contributed by atoms with Gasteiger partial charge >= 0.3 is 24.6 Å². The van der Waals surface area contributed by atoms with Crippen molar-refractivity contribution < 1.29 is 57.1 Å². The van der Waals surface area contributed by atoms with Gasteiger partial charge in [0, 0.05) is 21.7 Å². The second-order valence-electron chi connectivity index (χ2n) is 12.0. The van der Waals surface area contributed by atoms with Crippen molar-refractivity contribution in [2.75, 3.05) is 52.9 Å². The first-order valence-corrected chi connectivity index (χ1v) is 11.6. The summed E-state index contributed by atoms with van der Waals surface area (Å²) in [6.45, 7) is 19.6. The average molecular weight is 521 g/mol. The summed E-state index contributed by atoms with van der Waals surface area (Å²) in [6.07, 6.45) is -2.19. The van der Waals surface area contributed by atoms with Crippen LogP contribution in [0, 0.1) is 21.7 Å². The van der Waals surface area contributed by atoms with E-state index in [9.17, 15) is 19.2 Å². The van der Waals surface area contributed by atoms with Gasteiger partial charge in [-0.15, -0.1) is 0 Å². The molecule has 4 aliphatic rings. The van der Waals surface area contributed by atoms with Crippen molar-refractivity contribution in [2.45, 2.75) is 55.4 Å². The Balaban J connectivity index is 0.000000240. The minimum atomic E-state index is -0.547. The molecule has 0 aromatic rings. The summed E-state index contributed by atoms with van der Waals surface area (Å²) in [7, 11) is 0. The maximum atomic E-state index is 10.3. The third-order valence-corrected chi connectivity index (χ3v) is 4.65. The minimum absolute atomic E-state index is 0.00604. The average Bonchev–Trinajstić information content (AvgIpc) is 2.78. The van der Waals surface area contributed by atoms with Crippen molar-refractivity contribution in [3.63, 3.8) is 0 Å². The zero-order valence-corrected chi connectivity index (χ0v) is 22.6. The molecule has 0 atom stereocenters. The fourth-order valence-electron chi connectivity index (χ4n) is 2.37. The van der Waals surface area contributed by atoms with Gasteiger partial charge in [-0.25, -0.2) is 19.2 Å². The lowest BCUT2D eigenvalue weighted by Gasteiger charge is -2.27. The van der Waals surface area contributed by atoms with Crippen molar-refractivity contribution in [1.29, 1.82) is 0 Å². The van der Waals surface area contributed by atoms with Crippen LogP contribution in [-0.2, 0) is 37.9 Å². The molecule has 0 bridgehead atoms. The van der Waals surface area contributed by atoms with Crippen molar-refractivity contribution in [3.8, 4) is 0 Å². The Morgan fingerprint density at radius 3 is 0.528 bits per heavy atom. The van der Waals surface area contributed by atoms with Crippen molar-refractivity contribution in [2.24, 2.45) is 21.7 Å². The highest BCUT2D eigenvalue weighted by atomic mass is 16.7. The summed E-state index contributed by atoms with van der Waals surface area (Å²) < 4.78 is 37.1. The predicted octanol–water partition coefficient (Wildman–Crippen LogP) is 4.72. The minimum Gasteiger partial charge on any atom is -0.434 e. The first-order valence-electron chi connectivity index (χ1n) is 11.6. The molecule has 0 N–H and O–H groups in total. The Morgan fingerprint density at radius 1 is 0.333 bits per heavy atom. The van der Waals surface area contributed by atoms with Gasteiger partial charge in [-0.1, -0.05) is 55.4 Å². The molecule has 36 heavy (non-hydrogen) atoms. The number of rotatable bonds is 0. The van der Waals surface area contributed by atoms with Crippen LogP contribution in [-0.4, -0.2) is 77.5 Å². The molecular weight excluding hydrogens is 480 g/mol. The van der Waals surface area contributed by atoms with Crippen LogP contribution in [0.1, 0.15) is 55.4 Å². The molecule has 0 saturated carbocycles. The van der Waals surface area contributed by atoms with Crippen LogP contribution >= 0.6 is 0 Å². The van der Waals surface area contributed by atoms with Gasteiger partial charge in [0.1, 0.15) is 52.9 Å². The summed E-state index contributed by atoms with van der Waals surface area (Å²) in [5, 5.41) is 0. The molecule has 0 aromatic heterocycles. The number of cyclic esters (lactones) is 8. The van der Waals surface area contributed by atoms with E-state index >= 15 is 0 Å². The fraction of sp³-hybridized carbons (Fsp3) is 0.833. The highest BCUT2D eigenvalue weighted by Crippen LogP contribution is 2.22. The lowest BCUT2D eigenvalue weighted by Crippen LogP contribution is -2.34. The second kappa shape index (κ2) is 12.9. The standard InChI is InChI=1S/4C6H10O3/c4*1-6(2)3-8-5(7)9-4-6/h4*3-4H2,1-2H3. The van der Waals surface area contributed by atoms with Crippen molar-refractivity contribution in [1.82, 2.24) is 0 Å².